The maximum absolute atomic E-state index is 12.2. The Bertz CT molecular complexity index is 859. The van der Waals surface area contributed by atoms with Crippen LogP contribution in [0.5, 0.6) is 11.5 Å². The molecule has 8 nitrogen and oxygen atoms in total. The fourth-order valence-corrected chi connectivity index (χ4v) is 2.98. The molecule has 0 spiro atoms. The number of fused-ring (bicyclic) bond motifs is 1. The molecule has 0 saturated heterocycles. The second-order valence-electron chi connectivity index (χ2n) is 6.22. The molecule has 1 atom stereocenters. The van der Waals surface area contributed by atoms with Gasteiger partial charge in [-0.15, -0.1) is 0 Å². The van der Waals surface area contributed by atoms with Gasteiger partial charge in [-0.25, -0.2) is 4.79 Å². The summed E-state index contributed by atoms with van der Waals surface area (Å²) in [4.78, 5) is 23.8. The zero-order chi connectivity index (χ0) is 18.8. The van der Waals surface area contributed by atoms with Gasteiger partial charge >= 0.3 is 5.97 Å². The summed E-state index contributed by atoms with van der Waals surface area (Å²) in [6.45, 7) is 3.92. The molecule has 26 heavy (non-hydrogen) atoms. The van der Waals surface area contributed by atoms with Crippen molar-refractivity contribution in [2.75, 3.05) is 13.2 Å². The lowest BCUT2D eigenvalue weighted by Crippen LogP contribution is -2.36. The number of hydrogen-bond acceptors (Lipinski definition) is 5. The van der Waals surface area contributed by atoms with Crippen molar-refractivity contribution in [3.05, 3.63) is 40.7 Å². The number of benzene rings is 1. The van der Waals surface area contributed by atoms with E-state index in [1.807, 2.05) is 6.92 Å². The summed E-state index contributed by atoms with van der Waals surface area (Å²) in [6.07, 6.45) is 0.728. The second-order valence-corrected chi connectivity index (χ2v) is 6.22. The highest BCUT2D eigenvalue weighted by molar-refractivity contribution is 5.85. The highest BCUT2D eigenvalue weighted by Gasteiger charge is 2.25. The first kappa shape index (κ1) is 17.8. The third-order valence-corrected chi connectivity index (χ3v) is 4.39. The second kappa shape index (κ2) is 7.07. The van der Waals surface area contributed by atoms with Crippen molar-refractivity contribution >= 4 is 11.9 Å². The fourth-order valence-electron chi connectivity index (χ4n) is 2.98. The summed E-state index contributed by atoms with van der Waals surface area (Å²) in [7, 11) is 1.79. The van der Waals surface area contributed by atoms with Crippen molar-refractivity contribution in [3.8, 4) is 11.5 Å². The van der Waals surface area contributed by atoms with Gasteiger partial charge in [0.15, 0.2) is 18.4 Å². The predicted molar refractivity (Wildman–Crippen MR) is 92.3 cm³/mol. The Balaban J connectivity index is 1.68. The van der Waals surface area contributed by atoms with E-state index in [0.29, 0.717) is 23.6 Å². The Labute approximate surface area is 150 Å². The summed E-state index contributed by atoms with van der Waals surface area (Å²) in [6, 6.07) is 4.00. The first-order valence-corrected chi connectivity index (χ1v) is 8.27. The van der Waals surface area contributed by atoms with Crippen molar-refractivity contribution in [1.29, 1.82) is 0 Å². The van der Waals surface area contributed by atoms with Crippen molar-refractivity contribution in [3.63, 3.8) is 0 Å². The summed E-state index contributed by atoms with van der Waals surface area (Å²) >= 11 is 0. The number of amides is 1. The largest absolute Gasteiger partial charge is 0.493 e. The van der Waals surface area contributed by atoms with Gasteiger partial charge in [0.05, 0.1) is 12.3 Å². The molecule has 0 saturated carbocycles. The Morgan fingerprint density at radius 1 is 1.42 bits per heavy atom. The van der Waals surface area contributed by atoms with E-state index in [2.05, 4.69) is 10.4 Å². The van der Waals surface area contributed by atoms with Crippen LogP contribution in [0.1, 0.15) is 28.6 Å². The van der Waals surface area contributed by atoms with Crippen LogP contribution in [0.3, 0.4) is 0 Å². The van der Waals surface area contributed by atoms with E-state index in [1.54, 1.807) is 36.9 Å². The maximum atomic E-state index is 12.2. The molecule has 1 unspecified atom stereocenters. The van der Waals surface area contributed by atoms with Gasteiger partial charge in [0.25, 0.3) is 5.91 Å². The minimum Gasteiger partial charge on any atom is -0.493 e. The molecule has 1 aliphatic heterocycles. The Hall–Kier alpha value is -3.03. The minimum atomic E-state index is -1.15. The number of carboxylic acids is 1. The molecule has 8 heteroatoms. The van der Waals surface area contributed by atoms with Crippen LogP contribution >= 0.6 is 0 Å². The lowest BCUT2D eigenvalue weighted by atomic mass is 10.0. The quantitative estimate of drug-likeness (QED) is 0.806. The lowest BCUT2D eigenvalue weighted by molar-refractivity contribution is -0.142. The normalized spacial score (nSPS) is 13.7. The monoisotopic (exact) mass is 359 g/mol. The van der Waals surface area contributed by atoms with E-state index in [4.69, 9.17) is 9.47 Å². The molecular formula is C18H21N3O5. The van der Waals surface area contributed by atoms with Gasteiger partial charge in [-0.05, 0) is 37.1 Å². The number of aliphatic carboxylic acids is 1. The standard InChI is InChI=1S/C18H21N3O5/c1-10-17(11(2)21(3)20-10)26-9-15(22)19-16(18(23)24)13-4-5-14-12(8-13)6-7-25-14/h4-5,8,16H,6-7,9H2,1-3H3,(H,19,22)(H,23,24). The van der Waals surface area contributed by atoms with Crippen LogP contribution in [-0.2, 0) is 23.1 Å². The number of rotatable bonds is 6. The molecule has 2 N–H and O–H groups in total. The topological polar surface area (TPSA) is 103 Å². The average molecular weight is 359 g/mol. The highest BCUT2D eigenvalue weighted by Crippen LogP contribution is 2.28. The molecule has 1 aliphatic rings. The SMILES string of the molecule is Cc1nn(C)c(C)c1OCC(=O)NC(C(=O)O)c1ccc2c(c1)CCO2. The minimum absolute atomic E-state index is 0.287. The van der Waals surface area contributed by atoms with Crippen LogP contribution in [-0.4, -0.2) is 40.0 Å². The molecule has 2 aromatic rings. The average Bonchev–Trinajstić information content (AvgIpc) is 3.15. The van der Waals surface area contributed by atoms with E-state index in [1.165, 1.54) is 0 Å². The highest BCUT2D eigenvalue weighted by atomic mass is 16.5. The number of carbonyl (C=O) groups is 2. The van der Waals surface area contributed by atoms with Gasteiger partial charge in [-0.2, -0.15) is 5.10 Å². The lowest BCUT2D eigenvalue weighted by Gasteiger charge is -2.16. The molecule has 1 aromatic heterocycles. The fraction of sp³-hybridized carbons (Fsp3) is 0.389. The molecular weight excluding hydrogens is 338 g/mol. The van der Waals surface area contributed by atoms with Gasteiger partial charge < -0.3 is 19.9 Å². The van der Waals surface area contributed by atoms with E-state index < -0.39 is 17.9 Å². The summed E-state index contributed by atoms with van der Waals surface area (Å²) in [5, 5.41) is 16.2. The smallest absolute Gasteiger partial charge is 0.330 e. The number of nitrogens with one attached hydrogen (secondary N) is 1. The molecule has 1 amide bonds. The predicted octanol–water partition coefficient (Wildman–Crippen LogP) is 1.29. The maximum Gasteiger partial charge on any atom is 0.330 e. The van der Waals surface area contributed by atoms with Gasteiger partial charge in [0, 0.05) is 13.5 Å². The number of carboxylic acid groups (broad SMARTS) is 1. The molecule has 3 rings (SSSR count). The third kappa shape index (κ3) is 3.49. The van der Waals surface area contributed by atoms with Crippen LogP contribution in [0.4, 0.5) is 0 Å². The first-order valence-electron chi connectivity index (χ1n) is 8.27. The molecule has 0 aliphatic carbocycles. The Morgan fingerprint density at radius 3 is 2.85 bits per heavy atom. The molecule has 0 radical (unpaired) electrons. The first-order chi connectivity index (χ1) is 12.4. The van der Waals surface area contributed by atoms with Crippen molar-refractivity contribution in [1.82, 2.24) is 15.1 Å². The van der Waals surface area contributed by atoms with Crippen molar-refractivity contribution in [2.45, 2.75) is 26.3 Å². The van der Waals surface area contributed by atoms with Crippen molar-refractivity contribution in [2.24, 2.45) is 7.05 Å². The van der Waals surface area contributed by atoms with Crippen LogP contribution in [0.15, 0.2) is 18.2 Å². The van der Waals surface area contributed by atoms with E-state index in [-0.39, 0.29) is 6.61 Å². The van der Waals surface area contributed by atoms with E-state index in [9.17, 15) is 14.7 Å². The van der Waals surface area contributed by atoms with Gasteiger partial charge in [0.1, 0.15) is 11.4 Å². The van der Waals surface area contributed by atoms with Crippen LogP contribution in [0.2, 0.25) is 0 Å². The third-order valence-electron chi connectivity index (χ3n) is 4.39. The zero-order valence-electron chi connectivity index (χ0n) is 14.9. The summed E-state index contributed by atoms with van der Waals surface area (Å²) in [5.74, 6) is -0.359. The number of carbonyl (C=O) groups excluding carboxylic acids is 1. The van der Waals surface area contributed by atoms with Crippen LogP contribution < -0.4 is 14.8 Å². The number of aryl methyl sites for hydroxylation is 2. The number of hydrogen-bond donors (Lipinski definition) is 2. The van der Waals surface area contributed by atoms with E-state index >= 15 is 0 Å². The van der Waals surface area contributed by atoms with Crippen LogP contribution in [0.25, 0.3) is 0 Å². The molecule has 2 heterocycles. The Morgan fingerprint density at radius 2 is 2.19 bits per heavy atom. The summed E-state index contributed by atoms with van der Waals surface area (Å²) in [5.41, 5.74) is 2.92. The Kier molecular flexibility index (Phi) is 4.83. The van der Waals surface area contributed by atoms with Gasteiger partial charge in [0.2, 0.25) is 0 Å². The van der Waals surface area contributed by atoms with Crippen LogP contribution in [0, 0.1) is 13.8 Å². The van der Waals surface area contributed by atoms with Crippen molar-refractivity contribution < 1.29 is 24.2 Å². The number of nitrogens with zero attached hydrogens (tertiary/aromatic N) is 2. The number of aromatic nitrogens is 2. The van der Waals surface area contributed by atoms with Gasteiger partial charge in [-0.1, -0.05) is 6.07 Å². The summed E-state index contributed by atoms with van der Waals surface area (Å²) < 4.78 is 12.6. The van der Waals surface area contributed by atoms with E-state index in [0.717, 1.165) is 23.4 Å². The molecule has 1 aromatic carbocycles. The van der Waals surface area contributed by atoms with Gasteiger partial charge in [-0.3, -0.25) is 9.48 Å². The zero-order valence-corrected chi connectivity index (χ0v) is 14.9. The number of ether oxygens (including phenoxy) is 2. The molecule has 138 valence electrons. The molecule has 0 fully saturated rings. The molecule has 0 bridgehead atoms.